The molecule has 3 rings (SSSR count). The molecule has 1 aromatic carbocycles. The van der Waals surface area contributed by atoms with Gasteiger partial charge in [-0.2, -0.15) is 15.8 Å². The Balaban J connectivity index is 2.23. The van der Waals surface area contributed by atoms with Crippen molar-refractivity contribution in [2.45, 2.75) is 12.8 Å². The third-order valence-corrected chi connectivity index (χ3v) is 5.88. The molecule has 0 aromatic heterocycles. The monoisotopic (exact) mass is 387 g/mol. The number of fused-ring (bicyclic) bond motifs is 1. The highest BCUT2D eigenvalue weighted by atomic mass is 16.5. The number of hydrogen-bond acceptors (Lipinski definition) is 7. The van der Waals surface area contributed by atoms with Crippen molar-refractivity contribution in [2.24, 2.45) is 17.1 Å². The topological polar surface area (TPSA) is 127 Å². The molecule has 146 valence electrons. The number of benzene rings is 1. The number of nitriles is 3. The highest BCUT2D eigenvalue weighted by Gasteiger charge is 2.54. The summed E-state index contributed by atoms with van der Waals surface area (Å²) in [6.07, 6.45) is 1.97. The molecule has 2 aliphatic rings. The van der Waals surface area contributed by atoms with E-state index in [4.69, 9.17) is 10.5 Å². The number of likely N-dealkylation sites (N-methyl/N-ethyl adjacent to an activating group) is 1. The first-order chi connectivity index (χ1) is 14.0. The fourth-order valence-electron chi connectivity index (χ4n) is 4.32. The number of hydrogen-bond donors (Lipinski definition) is 1. The Morgan fingerprint density at radius 1 is 1.28 bits per heavy atom. The lowest BCUT2D eigenvalue weighted by molar-refractivity contribution is 0.0600. The van der Waals surface area contributed by atoms with E-state index in [0.29, 0.717) is 18.7 Å². The molecule has 2 N–H and O–H groups in total. The van der Waals surface area contributed by atoms with Crippen molar-refractivity contribution in [3.05, 3.63) is 58.3 Å². The zero-order valence-electron chi connectivity index (χ0n) is 16.3. The lowest BCUT2D eigenvalue weighted by atomic mass is 9.58. The minimum Gasteiger partial charge on any atom is -0.465 e. The van der Waals surface area contributed by atoms with Gasteiger partial charge in [0, 0.05) is 24.9 Å². The van der Waals surface area contributed by atoms with Crippen molar-refractivity contribution >= 4 is 5.97 Å². The molecule has 0 spiro atoms. The molecule has 1 aromatic rings. The van der Waals surface area contributed by atoms with Crippen LogP contribution in [0.2, 0.25) is 0 Å². The van der Waals surface area contributed by atoms with E-state index in [1.54, 1.807) is 24.3 Å². The molecule has 0 fully saturated rings. The van der Waals surface area contributed by atoms with Gasteiger partial charge in [0.25, 0.3) is 0 Å². The second kappa shape index (κ2) is 7.80. The summed E-state index contributed by atoms with van der Waals surface area (Å²) in [6.45, 7) is 4.14. The summed E-state index contributed by atoms with van der Waals surface area (Å²) in [5.74, 6) is -1.27. The number of methoxy groups -OCH3 is 1. The molecule has 29 heavy (non-hydrogen) atoms. The van der Waals surface area contributed by atoms with Crippen molar-refractivity contribution in [1.29, 1.82) is 15.8 Å². The second-order valence-electron chi connectivity index (χ2n) is 7.14. The summed E-state index contributed by atoms with van der Waals surface area (Å²) >= 11 is 0. The number of ether oxygens (including phenoxy) is 1. The predicted octanol–water partition coefficient (Wildman–Crippen LogP) is 2.22. The maximum Gasteiger partial charge on any atom is 0.337 e. The van der Waals surface area contributed by atoms with Gasteiger partial charge in [-0.15, -0.1) is 0 Å². The molecule has 1 heterocycles. The molecular weight excluding hydrogens is 366 g/mol. The van der Waals surface area contributed by atoms with Gasteiger partial charge in [-0.25, -0.2) is 4.79 Å². The van der Waals surface area contributed by atoms with Crippen LogP contribution in [0.15, 0.2) is 47.2 Å². The first-order valence-corrected chi connectivity index (χ1v) is 9.31. The van der Waals surface area contributed by atoms with Crippen LogP contribution in [-0.4, -0.2) is 37.6 Å². The number of nitrogens with zero attached hydrogens (tertiary/aromatic N) is 4. The fraction of sp³-hybridized carbons (Fsp3) is 0.364. The molecule has 0 radical (unpaired) electrons. The highest BCUT2D eigenvalue weighted by molar-refractivity contribution is 5.89. The van der Waals surface area contributed by atoms with Gasteiger partial charge in [-0.05, 0) is 29.8 Å². The molecule has 1 aliphatic heterocycles. The average Bonchev–Trinajstić information content (AvgIpc) is 2.77. The van der Waals surface area contributed by atoms with Crippen LogP contribution in [0.4, 0.5) is 0 Å². The number of allylic oxidation sites excluding steroid dienone is 2. The van der Waals surface area contributed by atoms with E-state index < -0.39 is 17.3 Å². The van der Waals surface area contributed by atoms with Crippen LogP contribution in [-0.2, 0) is 4.74 Å². The van der Waals surface area contributed by atoms with Crippen molar-refractivity contribution in [3.8, 4) is 18.2 Å². The van der Waals surface area contributed by atoms with E-state index in [0.717, 1.165) is 17.7 Å². The normalized spacial score (nSPS) is 23.1. The second-order valence-corrected chi connectivity index (χ2v) is 7.14. The van der Waals surface area contributed by atoms with E-state index >= 15 is 0 Å². The van der Waals surface area contributed by atoms with E-state index in [1.807, 2.05) is 13.0 Å². The predicted molar refractivity (Wildman–Crippen MR) is 105 cm³/mol. The number of nitrogens with two attached hydrogens (primary N) is 1. The SMILES string of the molecule is CCN1CC=C2C(C#N)=C(N)C(C#N)(C#N)[C@@H](c3ccc(C(=O)OC)cc3)[C@H]2C1. The van der Waals surface area contributed by atoms with Gasteiger partial charge < -0.3 is 10.5 Å². The van der Waals surface area contributed by atoms with Crippen LogP contribution >= 0.6 is 0 Å². The summed E-state index contributed by atoms with van der Waals surface area (Å²) in [7, 11) is 1.31. The summed E-state index contributed by atoms with van der Waals surface area (Å²) in [4.78, 5) is 14.0. The van der Waals surface area contributed by atoms with Gasteiger partial charge in [0.15, 0.2) is 5.41 Å². The molecular formula is C22H21N5O2. The van der Waals surface area contributed by atoms with Crippen LogP contribution in [0.25, 0.3) is 0 Å². The van der Waals surface area contributed by atoms with Gasteiger partial charge in [0.1, 0.15) is 6.07 Å². The summed E-state index contributed by atoms with van der Waals surface area (Å²) in [5.41, 5.74) is 6.72. The van der Waals surface area contributed by atoms with Crippen molar-refractivity contribution < 1.29 is 9.53 Å². The minimum absolute atomic E-state index is 0.000470. The molecule has 0 bridgehead atoms. The third-order valence-electron chi connectivity index (χ3n) is 5.88. The van der Waals surface area contributed by atoms with E-state index in [2.05, 4.69) is 23.1 Å². The molecule has 7 heteroatoms. The van der Waals surface area contributed by atoms with Gasteiger partial charge in [0.2, 0.25) is 0 Å². The number of esters is 1. The lowest BCUT2D eigenvalue weighted by Gasteiger charge is -2.45. The first kappa shape index (κ1) is 20.1. The summed E-state index contributed by atoms with van der Waals surface area (Å²) < 4.78 is 4.74. The fourth-order valence-corrected chi connectivity index (χ4v) is 4.32. The van der Waals surface area contributed by atoms with Gasteiger partial charge in [-0.1, -0.05) is 25.1 Å². The average molecular weight is 387 g/mol. The molecule has 0 saturated heterocycles. The van der Waals surface area contributed by atoms with Crippen LogP contribution in [0.5, 0.6) is 0 Å². The molecule has 0 amide bonds. The van der Waals surface area contributed by atoms with Crippen LogP contribution < -0.4 is 5.73 Å². The smallest absolute Gasteiger partial charge is 0.337 e. The standard InChI is InChI=1S/C22H21N5O2/c1-3-27-9-8-16-17(10-23)20(26)22(12-24,13-25)19(18(16)11-27)14-4-6-15(7-5-14)21(28)29-2/h4-8,18-19H,3,9,11,26H2,1-2H3/t18-,19-/m0/s1. The molecule has 7 nitrogen and oxygen atoms in total. The number of carbonyl (C=O) groups is 1. The zero-order chi connectivity index (χ0) is 21.2. The maximum absolute atomic E-state index is 11.8. The molecule has 0 unspecified atom stereocenters. The summed E-state index contributed by atoms with van der Waals surface area (Å²) in [5, 5.41) is 29.8. The molecule has 1 aliphatic carbocycles. The number of rotatable bonds is 3. The molecule has 2 atom stereocenters. The quantitative estimate of drug-likeness (QED) is 0.788. The Labute approximate surface area is 169 Å². The minimum atomic E-state index is -1.67. The van der Waals surface area contributed by atoms with Crippen molar-refractivity contribution in [2.75, 3.05) is 26.7 Å². The Hall–Kier alpha value is -3.60. The third kappa shape index (κ3) is 3.05. The maximum atomic E-state index is 11.8. The van der Waals surface area contributed by atoms with Crippen LogP contribution in [0.1, 0.15) is 28.8 Å². The Bertz CT molecular complexity index is 1000. The highest BCUT2D eigenvalue weighted by Crippen LogP contribution is 2.54. The van der Waals surface area contributed by atoms with Crippen LogP contribution in [0.3, 0.4) is 0 Å². The van der Waals surface area contributed by atoms with Gasteiger partial charge >= 0.3 is 5.97 Å². The van der Waals surface area contributed by atoms with Crippen LogP contribution in [0, 0.1) is 45.3 Å². The van der Waals surface area contributed by atoms with Crippen molar-refractivity contribution in [1.82, 2.24) is 4.90 Å². The number of carbonyl (C=O) groups excluding carboxylic acids is 1. The zero-order valence-corrected chi connectivity index (χ0v) is 16.3. The Morgan fingerprint density at radius 2 is 1.93 bits per heavy atom. The van der Waals surface area contributed by atoms with E-state index in [-0.39, 0.29) is 17.2 Å². The van der Waals surface area contributed by atoms with Gasteiger partial charge in [-0.3, -0.25) is 4.90 Å². The Morgan fingerprint density at radius 3 is 2.45 bits per heavy atom. The van der Waals surface area contributed by atoms with E-state index in [1.165, 1.54) is 7.11 Å². The summed E-state index contributed by atoms with van der Waals surface area (Å²) in [6, 6.07) is 13.0. The first-order valence-electron chi connectivity index (χ1n) is 9.31. The Kier molecular flexibility index (Phi) is 5.41. The van der Waals surface area contributed by atoms with E-state index in [9.17, 15) is 20.6 Å². The lowest BCUT2D eigenvalue weighted by Crippen LogP contribution is -2.48. The van der Waals surface area contributed by atoms with Gasteiger partial charge in [0.05, 0.1) is 36.1 Å². The van der Waals surface area contributed by atoms with Crippen molar-refractivity contribution in [3.63, 3.8) is 0 Å². The molecule has 0 saturated carbocycles. The largest absolute Gasteiger partial charge is 0.465 e.